The summed E-state index contributed by atoms with van der Waals surface area (Å²) in [5, 5.41) is 9.52. The summed E-state index contributed by atoms with van der Waals surface area (Å²) in [6.45, 7) is 3.76. The van der Waals surface area contributed by atoms with Gasteiger partial charge >= 0.3 is 0 Å². The van der Waals surface area contributed by atoms with Crippen molar-refractivity contribution in [3.05, 3.63) is 16.0 Å². The molecule has 1 aromatic heterocycles. The van der Waals surface area contributed by atoms with Gasteiger partial charge < -0.3 is 10.0 Å². The van der Waals surface area contributed by atoms with Crippen molar-refractivity contribution >= 4 is 28.5 Å². The molecule has 1 aliphatic heterocycles. The standard InChI is InChI=1S/C11H16IN3O/c1-8(16)9-2-4-15(5-3-9)11-13-6-10(12)7-14-11/h6-9,16H,2-5H2,1H3. The zero-order valence-corrected chi connectivity index (χ0v) is 11.5. The SMILES string of the molecule is CC(O)C1CCN(c2ncc(I)cn2)CC1. The first-order valence-corrected chi connectivity index (χ1v) is 6.65. The second-order valence-corrected chi connectivity index (χ2v) is 5.51. The number of aliphatic hydroxyl groups excluding tert-OH is 1. The largest absolute Gasteiger partial charge is 0.393 e. The number of rotatable bonds is 2. The van der Waals surface area contributed by atoms with Crippen molar-refractivity contribution in [1.29, 1.82) is 0 Å². The Morgan fingerprint density at radius 2 is 1.94 bits per heavy atom. The second kappa shape index (κ2) is 5.27. The maximum atomic E-state index is 9.52. The predicted octanol–water partition coefficient (Wildman–Crippen LogP) is 1.68. The van der Waals surface area contributed by atoms with E-state index in [1.807, 2.05) is 19.3 Å². The van der Waals surface area contributed by atoms with Gasteiger partial charge in [0.2, 0.25) is 5.95 Å². The van der Waals surface area contributed by atoms with E-state index in [0.29, 0.717) is 5.92 Å². The van der Waals surface area contributed by atoms with Gasteiger partial charge in [-0.3, -0.25) is 0 Å². The fourth-order valence-electron chi connectivity index (χ4n) is 2.05. The lowest BCUT2D eigenvalue weighted by molar-refractivity contribution is 0.109. The topological polar surface area (TPSA) is 49.2 Å². The third-order valence-corrected chi connectivity index (χ3v) is 3.67. The van der Waals surface area contributed by atoms with E-state index < -0.39 is 0 Å². The van der Waals surface area contributed by atoms with Crippen molar-refractivity contribution in [1.82, 2.24) is 9.97 Å². The smallest absolute Gasteiger partial charge is 0.225 e. The molecule has 88 valence electrons. The molecule has 1 aromatic rings. The van der Waals surface area contributed by atoms with Crippen molar-refractivity contribution in [2.24, 2.45) is 5.92 Å². The number of aliphatic hydroxyl groups is 1. The number of halogens is 1. The van der Waals surface area contributed by atoms with Crippen molar-refractivity contribution < 1.29 is 5.11 Å². The summed E-state index contributed by atoms with van der Waals surface area (Å²) >= 11 is 2.20. The highest BCUT2D eigenvalue weighted by Crippen LogP contribution is 2.22. The molecule has 1 aliphatic rings. The van der Waals surface area contributed by atoms with Crippen LogP contribution in [0.2, 0.25) is 0 Å². The van der Waals surface area contributed by atoms with Crippen molar-refractivity contribution in [2.75, 3.05) is 18.0 Å². The third kappa shape index (κ3) is 2.82. The molecule has 0 bridgehead atoms. The van der Waals surface area contributed by atoms with Crippen LogP contribution in [0, 0.1) is 9.49 Å². The summed E-state index contributed by atoms with van der Waals surface area (Å²) in [6.07, 6.45) is 5.52. The molecule has 0 radical (unpaired) electrons. The maximum absolute atomic E-state index is 9.52. The molecule has 2 heterocycles. The Hall–Kier alpha value is -0.430. The van der Waals surface area contributed by atoms with E-state index in [-0.39, 0.29) is 6.10 Å². The van der Waals surface area contributed by atoms with Crippen LogP contribution < -0.4 is 4.90 Å². The second-order valence-electron chi connectivity index (χ2n) is 4.27. The van der Waals surface area contributed by atoms with Gasteiger partial charge in [0, 0.05) is 29.1 Å². The molecular weight excluding hydrogens is 317 g/mol. The van der Waals surface area contributed by atoms with Crippen molar-refractivity contribution in [3.8, 4) is 0 Å². The molecule has 1 fully saturated rings. The number of hydrogen-bond donors (Lipinski definition) is 1. The fourth-order valence-corrected chi connectivity index (χ4v) is 2.33. The number of piperidine rings is 1. The van der Waals surface area contributed by atoms with Gasteiger partial charge in [0.15, 0.2) is 0 Å². The summed E-state index contributed by atoms with van der Waals surface area (Å²) in [5.41, 5.74) is 0. The van der Waals surface area contributed by atoms with Gasteiger partial charge in [0.25, 0.3) is 0 Å². The van der Waals surface area contributed by atoms with Gasteiger partial charge in [-0.1, -0.05) is 0 Å². The third-order valence-electron chi connectivity index (χ3n) is 3.11. The van der Waals surface area contributed by atoms with Gasteiger partial charge in [0.1, 0.15) is 0 Å². The highest BCUT2D eigenvalue weighted by Gasteiger charge is 2.23. The van der Waals surface area contributed by atoms with Gasteiger partial charge in [-0.25, -0.2) is 9.97 Å². The van der Waals surface area contributed by atoms with Crippen LogP contribution in [0.15, 0.2) is 12.4 Å². The quantitative estimate of drug-likeness (QED) is 0.837. The van der Waals surface area contributed by atoms with Crippen molar-refractivity contribution in [2.45, 2.75) is 25.9 Å². The molecule has 1 atom stereocenters. The monoisotopic (exact) mass is 333 g/mol. The van der Waals surface area contributed by atoms with E-state index in [1.54, 1.807) is 0 Å². The minimum absolute atomic E-state index is 0.195. The zero-order chi connectivity index (χ0) is 11.5. The summed E-state index contributed by atoms with van der Waals surface area (Å²) in [4.78, 5) is 10.8. The van der Waals surface area contributed by atoms with Crippen LogP contribution in [-0.2, 0) is 0 Å². The molecule has 0 aromatic carbocycles. The van der Waals surface area contributed by atoms with E-state index in [4.69, 9.17) is 0 Å². The Morgan fingerprint density at radius 3 is 2.44 bits per heavy atom. The van der Waals surface area contributed by atoms with E-state index in [0.717, 1.165) is 35.4 Å². The minimum atomic E-state index is -0.195. The Labute approximate surface area is 109 Å². The molecule has 1 unspecified atom stereocenters. The lowest BCUT2D eigenvalue weighted by Gasteiger charge is -2.33. The lowest BCUT2D eigenvalue weighted by atomic mass is 9.92. The highest BCUT2D eigenvalue weighted by atomic mass is 127. The molecular formula is C11H16IN3O. The average Bonchev–Trinajstić information content (AvgIpc) is 2.30. The van der Waals surface area contributed by atoms with Gasteiger partial charge in [-0.15, -0.1) is 0 Å². The van der Waals surface area contributed by atoms with Crippen LogP contribution >= 0.6 is 22.6 Å². The summed E-state index contributed by atoms with van der Waals surface area (Å²) < 4.78 is 1.06. The lowest BCUT2D eigenvalue weighted by Crippen LogP contribution is -2.37. The van der Waals surface area contributed by atoms with Gasteiger partial charge in [-0.05, 0) is 48.3 Å². The Morgan fingerprint density at radius 1 is 1.38 bits per heavy atom. The number of nitrogens with zero attached hydrogens (tertiary/aromatic N) is 3. The molecule has 5 heteroatoms. The molecule has 2 rings (SSSR count). The highest BCUT2D eigenvalue weighted by molar-refractivity contribution is 14.1. The predicted molar refractivity (Wildman–Crippen MR) is 71.4 cm³/mol. The Balaban J connectivity index is 1.96. The molecule has 0 amide bonds. The zero-order valence-electron chi connectivity index (χ0n) is 9.30. The summed E-state index contributed by atoms with van der Waals surface area (Å²) in [5.74, 6) is 1.24. The first kappa shape index (κ1) is 12.0. The molecule has 1 N–H and O–H groups in total. The van der Waals surface area contributed by atoms with Gasteiger partial charge in [-0.2, -0.15) is 0 Å². The average molecular weight is 333 g/mol. The molecule has 0 saturated carbocycles. The number of hydrogen-bond acceptors (Lipinski definition) is 4. The fraction of sp³-hybridized carbons (Fsp3) is 0.636. The number of anilines is 1. The van der Waals surface area contributed by atoms with E-state index in [1.165, 1.54) is 0 Å². The van der Waals surface area contributed by atoms with Gasteiger partial charge in [0.05, 0.1) is 6.10 Å². The first-order valence-electron chi connectivity index (χ1n) is 5.57. The molecule has 1 saturated heterocycles. The van der Waals surface area contributed by atoms with E-state index in [2.05, 4.69) is 37.5 Å². The minimum Gasteiger partial charge on any atom is -0.393 e. The van der Waals surface area contributed by atoms with Crippen LogP contribution in [0.4, 0.5) is 5.95 Å². The summed E-state index contributed by atoms with van der Waals surface area (Å²) in [7, 11) is 0. The van der Waals surface area contributed by atoms with E-state index >= 15 is 0 Å². The Bertz CT molecular complexity index is 334. The first-order chi connectivity index (χ1) is 7.66. The molecule has 4 nitrogen and oxygen atoms in total. The van der Waals surface area contributed by atoms with Crippen LogP contribution in [0.1, 0.15) is 19.8 Å². The van der Waals surface area contributed by atoms with Crippen LogP contribution in [0.25, 0.3) is 0 Å². The van der Waals surface area contributed by atoms with E-state index in [9.17, 15) is 5.11 Å². The number of aromatic nitrogens is 2. The van der Waals surface area contributed by atoms with Crippen LogP contribution in [0.3, 0.4) is 0 Å². The molecule has 0 spiro atoms. The molecule has 16 heavy (non-hydrogen) atoms. The normalized spacial score (nSPS) is 19.8. The van der Waals surface area contributed by atoms with Crippen molar-refractivity contribution in [3.63, 3.8) is 0 Å². The van der Waals surface area contributed by atoms with Crippen LogP contribution in [-0.4, -0.2) is 34.3 Å². The Kier molecular flexibility index (Phi) is 3.96. The molecule has 0 aliphatic carbocycles. The summed E-state index contributed by atoms with van der Waals surface area (Å²) in [6, 6.07) is 0. The maximum Gasteiger partial charge on any atom is 0.225 e. The van der Waals surface area contributed by atoms with Crippen LogP contribution in [0.5, 0.6) is 0 Å².